The molecule has 3 N–H and O–H groups in total. The monoisotopic (exact) mass is 289 g/mol. The third-order valence-electron chi connectivity index (χ3n) is 2.88. The molecule has 0 aliphatic heterocycles. The number of aromatic nitrogens is 1. The maximum Gasteiger partial charge on any atom is 0.226 e. The number of thiazole rings is 1. The minimum atomic E-state index is -0.0742. The second kappa shape index (κ2) is 7.17. The van der Waals surface area contributed by atoms with Crippen LogP contribution in [0, 0.1) is 0 Å². The molecule has 0 spiro atoms. The normalized spacial score (nSPS) is 12.1. The van der Waals surface area contributed by atoms with E-state index in [1.165, 1.54) is 16.9 Å². The lowest BCUT2D eigenvalue weighted by atomic mass is 10.1. The van der Waals surface area contributed by atoms with Crippen LogP contribution in [0.2, 0.25) is 0 Å². The van der Waals surface area contributed by atoms with Crippen LogP contribution in [0.5, 0.6) is 0 Å². The van der Waals surface area contributed by atoms with E-state index >= 15 is 0 Å². The zero-order valence-electron chi connectivity index (χ0n) is 11.5. The zero-order valence-corrected chi connectivity index (χ0v) is 12.3. The number of hydrogen-bond donors (Lipinski definition) is 2. The Labute approximate surface area is 123 Å². The molecule has 0 aliphatic carbocycles. The summed E-state index contributed by atoms with van der Waals surface area (Å²) in [7, 11) is 0. The van der Waals surface area contributed by atoms with Crippen molar-refractivity contribution in [3.05, 3.63) is 52.0 Å². The topological polar surface area (TPSA) is 68.0 Å². The van der Waals surface area contributed by atoms with Crippen molar-refractivity contribution < 1.29 is 4.79 Å². The number of nitrogens with two attached hydrogens (primary N) is 1. The molecule has 0 fully saturated rings. The van der Waals surface area contributed by atoms with Crippen LogP contribution in [-0.4, -0.2) is 17.4 Å². The van der Waals surface area contributed by atoms with Gasteiger partial charge < -0.3 is 11.1 Å². The molecule has 1 amide bonds. The summed E-state index contributed by atoms with van der Waals surface area (Å²) in [5.74, 6) is 0.00227. The van der Waals surface area contributed by atoms with Gasteiger partial charge in [-0.2, -0.15) is 0 Å². The van der Waals surface area contributed by atoms with E-state index in [9.17, 15) is 4.79 Å². The van der Waals surface area contributed by atoms with Crippen molar-refractivity contribution >= 4 is 17.2 Å². The van der Waals surface area contributed by atoms with E-state index in [-0.39, 0.29) is 11.9 Å². The molecule has 0 bridgehead atoms. The SMILES string of the molecule is CC(N)c1nc(CC(=O)NCCc2ccccc2)cs1. The van der Waals surface area contributed by atoms with Crippen LogP contribution in [0.1, 0.15) is 29.2 Å². The number of carbonyl (C=O) groups is 1. The molecule has 2 aromatic rings. The first-order valence-electron chi connectivity index (χ1n) is 6.65. The van der Waals surface area contributed by atoms with Crippen molar-refractivity contribution in [3.8, 4) is 0 Å². The number of nitrogens with zero attached hydrogens (tertiary/aromatic N) is 1. The highest BCUT2D eigenvalue weighted by atomic mass is 32.1. The Kier molecular flexibility index (Phi) is 5.26. The predicted octanol–water partition coefficient (Wildman–Crippen LogP) is 2.06. The first-order chi connectivity index (χ1) is 9.65. The largest absolute Gasteiger partial charge is 0.355 e. The second-order valence-electron chi connectivity index (χ2n) is 4.73. The number of rotatable bonds is 6. The molecule has 1 atom stereocenters. The zero-order chi connectivity index (χ0) is 14.4. The van der Waals surface area contributed by atoms with Crippen molar-refractivity contribution in [3.63, 3.8) is 0 Å². The molecule has 1 aromatic carbocycles. The van der Waals surface area contributed by atoms with Crippen LogP contribution >= 0.6 is 11.3 Å². The molecule has 2 rings (SSSR count). The van der Waals surface area contributed by atoms with Crippen LogP contribution < -0.4 is 11.1 Å². The van der Waals surface area contributed by atoms with Gasteiger partial charge in [-0.05, 0) is 18.9 Å². The lowest BCUT2D eigenvalue weighted by Gasteiger charge is -2.04. The molecular formula is C15H19N3OS. The summed E-state index contributed by atoms with van der Waals surface area (Å²) in [5.41, 5.74) is 7.76. The van der Waals surface area contributed by atoms with E-state index in [0.29, 0.717) is 13.0 Å². The van der Waals surface area contributed by atoms with Crippen LogP contribution in [-0.2, 0) is 17.6 Å². The highest BCUT2D eigenvalue weighted by Gasteiger charge is 2.09. The summed E-state index contributed by atoms with van der Waals surface area (Å²) in [6.45, 7) is 2.54. The van der Waals surface area contributed by atoms with E-state index < -0.39 is 0 Å². The number of nitrogens with one attached hydrogen (secondary N) is 1. The van der Waals surface area contributed by atoms with E-state index in [2.05, 4.69) is 22.4 Å². The van der Waals surface area contributed by atoms with Crippen molar-refractivity contribution in [1.82, 2.24) is 10.3 Å². The van der Waals surface area contributed by atoms with Gasteiger partial charge in [-0.25, -0.2) is 4.98 Å². The van der Waals surface area contributed by atoms with Gasteiger partial charge in [0.15, 0.2) is 0 Å². The van der Waals surface area contributed by atoms with Crippen LogP contribution in [0.4, 0.5) is 0 Å². The number of amides is 1. The first-order valence-corrected chi connectivity index (χ1v) is 7.53. The van der Waals surface area contributed by atoms with Crippen LogP contribution in [0.3, 0.4) is 0 Å². The van der Waals surface area contributed by atoms with Crippen molar-refractivity contribution in [2.24, 2.45) is 5.73 Å². The maximum absolute atomic E-state index is 11.8. The molecule has 0 aliphatic rings. The summed E-state index contributed by atoms with van der Waals surface area (Å²) in [4.78, 5) is 16.2. The fourth-order valence-electron chi connectivity index (χ4n) is 1.83. The summed E-state index contributed by atoms with van der Waals surface area (Å²) in [6, 6.07) is 10.0. The number of carbonyl (C=O) groups excluding carboxylic acids is 1. The lowest BCUT2D eigenvalue weighted by Crippen LogP contribution is -2.27. The average Bonchev–Trinajstić information content (AvgIpc) is 2.88. The Balaban J connectivity index is 1.75. The van der Waals surface area contributed by atoms with Gasteiger partial charge in [0.2, 0.25) is 5.91 Å². The molecule has 20 heavy (non-hydrogen) atoms. The van der Waals surface area contributed by atoms with Gasteiger partial charge in [-0.3, -0.25) is 4.79 Å². The van der Waals surface area contributed by atoms with E-state index in [1.54, 1.807) is 0 Å². The summed E-state index contributed by atoms with van der Waals surface area (Å²) < 4.78 is 0. The number of benzene rings is 1. The summed E-state index contributed by atoms with van der Waals surface area (Å²) in [6.07, 6.45) is 1.16. The Hall–Kier alpha value is -1.72. The fourth-order valence-corrected chi connectivity index (χ4v) is 2.61. The summed E-state index contributed by atoms with van der Waals surface area (Å²) >= 11 is 1.50. The van der Waals surface area contributed by atoms with Gasteiger partial charge in [0.1, 0.15) is 5.01 Å². The molecule has 5 heteroatoms. The van der Waals surface area contributed by atoms with E-state index in [0.717, 1.165) is 17.1 Å². The number of hydrogen-bond acceptors (Lipinski definition) is 4. The van der Waals surface area contributed by atoms with Crippen LogP contribution in [0.25, 0.3) is 0 Å². The predicted molar refractivity (Wildman–Crippen MR) is 81.6 cm³/mol. The van der Waals surface area contributed by atoms with Gasteiger partial charge in [0.05, 0.1) is 18.2 Å². The highest BCUT2D eigenvalue weighted by Crippen LogP contribution is 2.15. The quantitative estimate of drug-likeness (QED) is 0.855. The molecule has 1 unspecified atom stereocenters. The van der Waals surface area contributed by atoms with Gasteiger partial charge in [0, 0.05) is 11.9 Å². The third kappa shape index (κ3) is 4.43. The van der Waals surface area contributed by atoms with Gasteiger partial charge in [-0.15, -0.1) is 11.3 Å². The third-order valence-corrected chi connectivity index (χ3v) is 3.97. The Morgan fingerprint density at radius 1 is 1.40 bits per heavy atom. The minimum absolute atomic E-state index is 0.00227. The smallest absolute Gasteiger partial charge is 0.226 e. The van der Waals surface area contributed by atoms with Crippen molar-refractivity contribution in [2.75, 3.05) is 6.54 Å². The second-order valence-corrected chi connectivity index (χ2v) is 5.62. The highest BCUT2D eigenvalue weighted by molar-refractivity contribution is 7.09. The van der Waals surface area contributed by atoms with E-state index in [1.807, 2.05) is 30.5 Å². The lowest BCUT2D eigenvalue weighted by molar-refractivity contribution is -0.120. The van der Waals surface area contributed by atoms with Crippen LogP contribution in [0.15, 0.2) is 35.7 Å². The van der Waals surface area contributed by atoms with E-state index in [4.69, 9.17) is 5.73 Å². The molecule has 106 valence electrons. The molecule has 1 heterocycles. The first kappa shape index (κ1) is 14.7. The molecule has 0 saturated heterocycles. The van der Waals surface area contributed by atoms with Gasteiger partial charge >= 0.3 is 0 Å². The van der Waals surface area contributed by atoms with Crippen molar-refractivity contribution in [1.29, 1.82) is 0 Å². The molecule has 0 saturated carbocycles. The summed E-state index contributed by atoms with van der Waals surface area (Å²) in [5, 5.41) is 5.68. The average molecular weight is 289 g/mol. The Morgan fingerprint density at radius 2 is 2.15 bits per heavy atom. The minimum Gasteiger partial charge on any atom is -0.355 e. The molecule has 0 radical (unpaired) electrons. The Morgan fingerprint density at radius 3 is 2.80 bits per heavy atom. The Bertz CT molecular complexity index is 551. The van der Waals surface area contributed by atoms with Gasteiger partial charge in [0.25, 0.3) is 0 Å². The molecule has 4 nitrogen and oxygen atoms in total. The molecule has 1 aromatic heterocycles. The maximum atomic E-state index is 11.8. The fraction of sp³-hybridized carbons (Fsp3) is 0.333. The van der Waals surface area contributed by atoms with Gasteiger partial charge in [-0.1, -0.05) is 30.3 Å². The molecular weight excluding hydrogens is 270 g/mol. The standard InChI is InChI=1S/C15H19N3OS/c1-11(16)15-18-13(10-20-15)9-14(19)17-8-7-12-5-3-2-4-6-12/h2-6,10-11H,7-9,16H2,1H3,(H,17,19). The van der Waals surface area contributed by atoms with Crippen molar-refractivity contribution in [2.45, 2.75) is 25.8 Å².